The fourth-order valence-corrected chi connectivity index (χ4v) is 2.67. The Morgan fingerprint density at radius 1 is 1.36 bits per heavy atom. The molecule has 0 aliphatic carbocycles. The number of aryl methyl sites for hydroxylation is 2. The predicted molar refractivity (Wildman–Crippen MR) is 91.1 cm³/mol. The largest absolute Gasteiger partial charge is 0.349 e. The normalized spacial score (nSPS) is 15.0. The first-order valence-electron chi connectivity index (χ1n) is 6.96. The summed E-state index contributed by atoms with van der Waals surface area (Å²) in [5, 5.41) is 11.6. The van der Waals surface area contributed by atoms with Gasteiger partial charge in [0.05, 0.1) is 11.3 Å². The summed E-state index contributed by atoms with van der Waals surface area (Å²) in [5.74, 6) is -0.0467. The quantitative estimate of drug-likeness (QED) is 0.867. The van der Waals surface area contributed by atoms with Gasteiger partial charge in [0.1, 0.15) is 0 Å². The van der Waals surface area contributed by atoms with Gasteiger partial charge in [-0.2, -0.15) is 5.10 Å². The Morgan fingerprint density at radius 2 is 2.05 bits per heavy atom. The second-order valence-corrected chi connectivity index (χ2v) is 5.30. The summed E-state index contributed by atoms with van der Waals surface area (Å²) in [6.45, 7) is 3.85. The Kier molecular flexibility index (Phi) is 6.59. The minimum absolute atomic E-state index is 0. The lowest BCUT2D eigenvalue weighted by atomic mass is 10.1. The lowest BCUT2D eigenvalue weighted by Gasteiger charge is -2.23. The summed E-state index contributed by atoms with van der Waals surface area (Å²) in [6, 6.07) is 2.13. The van der Waals surface area contributed by atoms with Crippen LogP contribution in [0.5, 0.6) is 0 Å². The fourth-order valence-electron chi connectivity index (χ4n) is 2.67. The van der Waals surface area contributed by atoms with Crippen LogP contribution in [0.3, 0.4) is 0 Å². The molecule has 1 amide bonds. The number of hydrogen-bond acceptors (Lipinski definition) is 4. The highest BCUT2D eigenvalue weighted by molar-refractivity contribution is 5.97. The molecule has 3 heterocycles. The first kappa shape index (κ1) is 18.7. The fraction of sp³-hybridized carbons (Fsp3) is 0.500. The molecule has 0 unspecified atom stereocenters. The van der Waals surface area contributed by atoms with E-state index in [2.05, 4.69) is 20.7 Å². The van der Waals surface area contributed by atoms with Gasteiger partial charge in [0.25, 0.3) is 5.91 Å². The Morgan fingerprint density at radius 3 is 2.73 bits per heavy atom. The maximum Gasteiger partial charge on any atom is 0.253 e. The van der Waals surface area contributed by atoms with E-state index in [4.69, 9.17) is 0 Å². The first-order valence-corrected chi connectivity index (χ1v) is 6.96. The van der Waals surface area contributed by atoms with Gasteiger partial charge in [0.15, 0.2) is 5.65 Å². The number of aromatic nitrogens is 3. The number of nitrogens with zero attached hydrogens (tertiary/aromatic N) is 3. The SMILES string of the molecule is Cc1nn(C)c2ncc(C(=O)NC3CCNCC3)cc12.Cl.Cl. The number of halogens is 2. The molecule has 8 heteroatoms. The molecule has 0 bridgehead atoms. The third kappa shape index (κ3) is 3.69. The Balaban J connectivity index is 0.00000121. The van der Waals surface area contributed by atoms with E-state index in [9.17, 15) is 4.79 Å². The van der Waals surface area contributed by atoms with Gasteiger partial charge in [0, 0.05) is 24.7 Å². The lowest BCUT2D eigenvalue weighted by Crippen LogP contribution is -2.42. The summed E-state index contributed by atoms with van der Waals surface area (Å²) in [7, 11) is 1.86. The topological polar surface area (TPSA) is 71.8 Å². The highest BCUT2D eigenvalue weighted by Gasteiger charge is 2.17. The van der Waals surface area contributed by atoms with Crippen molar-refractivity contribution in [3.8, 4) is 0 Å². The van der Waals surface area contributed by atoms with Gasteiger partial charge in [-0.15, -0.1) is 24.8 Å². The van der Waals surface area contributed by atoms with Crippen LogP contribution >= 0.6 is 24.8 Å². The molecule has 2 aromatic heterocycles. The Labute approximate surface area is 141 Å². The second-order valence-electron chi connectivity index (χ2n) is 5.30. The van der Waals surface area contributed by atoms with Gasteiger partial charge in [-0.1, -0.05) is 0 Å². The molecule has 0 radical (unpaired) electrons. The van der Waals surface area contributed by atoms with E-state index >= 15 is 0 Å². The molecule has 0 spiro atoms. The van der Waals surface area contributed by atoms with Gasteiger partial charge in [-0.3, -0.25) is 9.48 Å². The van der Waals surface area contributed by atoms with Crippen molar-refractivity contribution in [2.75, 3.05) is 13.1 Å². The number of nitrogens with one attached hydrogen (secondary N) is 2. The first-order chi connectivity index (χ1) is 9.65. The van der Waals surface area contributed by atoms with Gasteiger partial charge in [-0.25, -0.2) is 4.98 Å². The van der Waals surface area contributed by atoms with E-state index in [0.717, 1.165) is 42.7 Å². The van der Waals surface area contributed by atoms with Crippen molar-refractivity contribution in [3.05, 3.63) is 23.5 Å². The van der Waals surface area contributed by atoms with Crippen molar-refractivity contribution in [1.29, 1.82) is 0 Å². The number of carbonyl (C=O) groups excluding carboxylic acids is 1. The van der Waals surface area contributed by atoms with E-state index in [0.29, 0.717) is 5.56 Å². The molecule has 1 aliphatic rings. The summed E-state index contributed by atoms with van der Waals surface area (Å²) >= 11 is 0. The standard InChI is InChI=1S/C14H19N5O.2ClH/c1-9-12-7-10(8-16-13(12)19(2)18-9)14(20)17-11-3-5-15-6-4-11;;/h7-8,11,15H,3-6H2,1-2H3,(H,17,20);2*1H. The van der Waals surface area contributed by atoms with Crippen LogP contribution in [0.25, 0.3) is 11.0 Å². The monoisotopic (exact) mass is 345 g/mol. The molecule has 0 saturated carbocycles. The molecule has 0 atom stereocenters. The smallest absolute Gasteiger partial charge is 0.253 e. The molecule has 2 N–H and O–H groups in total. The number of piperidine rings is 1. The molecule has 0 aromatic carbocycles. The van der Waals surface area contributed by atoms with Crippen molar-refractivity contribution in [2.45, 2.75) is 25.8 Å². The van der Waals surface area contributed by atoms with Crippen LogP contribution < -0.4 is 10.6 Å². The molecule has 1 saturated heterocycles. The van der Waals surface area contributed by atoms with Crippen LogP contribution in [0.4, 0.5) is 0 Å². The number of amides is 1. The van der Waals surface area contributed by atoms with Crippen LogP contribution in [0.2, 0.25) is 0 Å². The molecule has 1 aliphatic heterocycles. The van der Waals surface area contributed by atoms with Gasteiger partial charge in [0.2, 0.25) is 0 Å². The van der Waals surface area contributed by atoms with Gasteiger partial charge in [-0.05, 0) is 38.9 Å². The van der Waals surface area contributed by atoms with Crippen LogP contribution in [0, 0.1) is 6.92 Å². The summed E-state index contributed by atoms with van der Waals surface area (Å²) in [6.07, 6.45) is 3.58. The molecular formula is C14H21Cl2N5O. The maximum absolute atomic E-state index is 12.3. The van der Waals surface area contributed by atoms with E-state index in [-0.39, 0.29) is 36.8 Å². The molecule has 2 aromatic rings. The van der Waals surface area contributed by atoms with Gasteiger partial charge < -0.3 is 10.6 Å². The van der Waals surface area contributed by atoms with Crippen molar-refractivity contribution in [3.63, 3.8) is 0 Å². The maximum atomic E-state index is 12.3. The predicted octanol–water partition coefficient (Wildman–Crippen LogP) is 1.60. The Bertz CT molecular complexity index is 652. The third-order valence-electron chi connectivity index (χ3n) is 3.80. The zero-order chi connectivity index (χ0) is 14.1. The van der Waals surface area contributed by atoms with E-state index in [1.165, 1.54) is 0 Å². The average molecular weight is 346 g/mol. The minimum Gasteiger partial charge on any atom is -0.349 e. The Hall–Kier alpha value is -1.37. The zero-order valence-corrected chi connectivity index (χ0v) is 14.3. The molecule has 22 heavy (non-hydrogen) atoms. The summed E-state index contributed by atoms with van der Waals surface area (Å²) in [4.78, 5) is 16.6. The average Bonchev–Trinajstić information content (AvgIpc) is 2.75. The molecule has 1 fully saturated rings. The van der Waals surface area contributed by atoms with Crippen LogP contribution in [-0.4, -0.2) is 39.8 Å². The number of rotatable bonds is 2. The van der Waals surface area contributed by atoms with Crippen molar-refractivity contribution >= 4 is 41.8 Å². The van der Waals surface area contributed by atoms with E-state index in [1.807, 2.05) is 20.0 Å². The van der Waals surface area contributed by atoms with Crippen LogP contribution in [0.15, 0.2) is 12.3 Å². The second kappa shape index (κ2) is 7.76. The molecular weight excluding hydrogens is 325 g/mol. The van der Waals surface area contributed by atoms with Crippen molar-refractivity contribution < 1.29 is 4.79 Å². The minimum atomic E-state index is -0.0467. The van der Waals surface area contributed by atoms with E-state index in [1.54, 1.807) is 10.9 Å². The van der Waals surface area contributed by atoms with Crippen molar-refractivity contribution in [1.82, 2.24) is 25.4 Å². The summed E-state index contributed by atoms with van der Waals surface area (Å²) < 4.78 is 1.74. The zero-order valence-electron chi connectivity index (χ0n) is 12.6. The van der Waals surface area contributed by atoms with E-state index < -0.39 is 0 Å². The number of hydrogen-bond donors (Lipinski definition) is 2. The highest BCUT2D eigenvalue weighted by Crippen LogP contribution is 2.16. The highest BCUT2D eigenvalue weighted by atomic mass is 35.5. The lowest BCUT2D eigenvalue weighted by molar-refractivity contribution is 0.0929. The molecule has 3 rings (SSSR count). The third-order valence-corrected chi connectivity index (χ3v) is 3.80. The van der Waals surface area contributed by atoms with Gasteiger partial charge >= 0.3 is 0 Å². The number of pyridine rings is 1. The van der Waals surface area contributed by atoms with Crippen LogP contribution in [0.1, 0.15) is 28.9 Å². The molecule has 6 nitrogen and oxygen atoms in total. The summed E-state index contributed by atoms with van der Waals surface area (Å²) in [5.41, 5.74) is 2.31. The number of carbonyl (C=O) groups is 1. The molecule has 122 valence electrons. The van der Waals surface area contributed by atoms with Crippen LogP contribution in [-0.2, 0) is 7.05 Å². The van der Waals surface area contributed by atoms with Crippen molar-refractivity contribution in [2.24, 2.45) is 7.05 Å². The number of fused-ring (bicyclic) bond motifs is 1.